The number of hydrogen-bond acceptors (Lipinski definition) is 1. The average Bonchev–Trinajstić information content (AvgIpc) is 2.53. The van der Waals surface area contributed by atoms with Gasteiger partial charge in [0.05, 0.1) is 9.52 Å². The Hall–Kier alpha value is -0.546. The topological polar surface area (TPSA) is 9.23 Å². The molecule has 0 spiro atoms. The van der Waals surface area contributed by atoms with Gasteiger partial charge in [-0.1, -0.05) is 102 Å². The molecule has 1 rings (SSSR count). The first-order valence-corrected chi connectivity index (χ1v) is 14.4. The van der Waals surface area contributed by atoms with Crippen LogP contribution in [-0.2, 0) is 0 Å². The Morgan fingerprint density at radius 2 is 1.36 bits per heavy atom. The molecule has 0 bridgehead atoms. The number of rotatable bonds is 12. The zero-order chi connectivity index (χ0) is 18.8. The van der Waals surface area contributed by atoms with Crippen molar-refractivity contribution in [2.45, 2.75) is 103 Å². The quantitative estimate of drug-likeness (QED) is 0.283. The Balaban J connectivity index is 2.22. The van der Waals surface area contributed by atoms with Crippen LogP contribution >= 0.6 is 0 Å². The van der Waals surface area contributed by atoms with E-state index in [0.717, 1.165) is 15.3 Å². The first-order chi connectivity index (χ1) is 11.8. The minimum absolute atomic E-state index is 0.254. The maximum atomic E-state index is 6.36. The van der Waals surface area contributed by atoms with E-state index in [0.29, 0.717) is 0 Å². The standard InChI is InChI=1S/C22H40OSi2/c1-7-8-9-10-11-12-13-14-19-24-21-17-15-20(16-18-21)23-25(5,6)22(2,3)4/h15-18H,7-14,19H2,1-6H3. The van der Waals surface area contributed by atoms with Gasteiger partial charge in [-0.15, -0.1) is 0 Å². The highest BCUT2D eigenvalue weighted by molar-refractivity contribution is 6.74. The third-order valence-corrected chi connectivity index (χ3v) is 11.1. The lowest BCUT2D eigenvalue weighted by molar-refractivity contribution is 0.492. The van der Waals surface area contributed by atoms with Crippen LogP contribution in [-0.4, -0.2) is 17.8 Å². The summed E-state index contributed by atoms with van der Waals surface area (Å²) in [5.74, 6) is 1.05. The molecular formula is C22H40OSi2. The van der Waals surface area contributed by atoms with E-state index in [1.807, 2.05) is 0 Å². The van der Waals surface area contributed by atoms with Crippen LogP contribution in [0.5, 0.6) is 5.75 Å². The van der Waals surface area contributed by atoms with Crippen molar-refractivity contribution in [3.63, 3.8) is 0 Å². The van der Waals surface area contributed by atoms with Crippen molar-refractivity contribution < 1.29 is 4.43 Å². The molecule has 0 aliphatic heterocycles. The van der Waals surface area contributed by atoms with E-state index in [-0.39, 0.29) is 5.04 Å². The molecule has 1 nitrogen and oxygen atoms in total. The van der Waals surface area contributed by atoms with E-state index in [4.69, 9.17) is 4.43 Å². The minimum atomic E-state index is -1.71. The third-order valence-electron chi connectivity index (χ3n) is 5.39. The SMILES string of the molecule is CCCCCCCCCC[Si]c1ccc(O[Si](C)(C)C(C)(C)C)cc1. The fourth-order valence-electron chi connectivity index (χ4n) is 2.58. The molecular weight excluding hydrogens is 336 g/mol. The normalized spacial score (nSPS) is 12.4. The molecule has 0 aromatic heterocycles. The molecule has 0 amide bonds. The van der Waals surface area contributed by atoms with Crippen LogP contribution in [0.2, 0.25) is 24.2 Å². The maximum Gasteiger partial charge on any atom is 0.250 e. The highest BCUT2D eigenvalue weighted by Gasteiger charge is 2.38. The second-order valence-electron chi connectivity index (χ2n) is 8.79. The Morgan fingerprint density at radius 3 is 1.88 bits per heavy atom. The van der Waals surface area contributed by atoms with Crippen LogP contribution < -0.4 is 9.61 Å². The van der Waals surface area contributed by atoms with Crippen LogP contribution in [0, 0.1) is 0 Å². The number of hydrogen-bond donors (Lipinski definition) is 0. The molecule has 0 saturated carbocycles. The molecule has 142 valence electrons. The highest BCUT2D eigenvalue weighted by Crippen LogP contribution is 2.37. The van der Waals surface area contributed by atoms with Gasteiger partial charge in [0.1, 0.15) is 5.75 Å². The van der Waals surface area contributed by atoms with Crippen molar-refractivity contribution in [3.8, 4) is 5.75 Å². The molecule has 1 aromatic carbocycles. The zero-order valence-electron chi connectivity index (χ0n) is 17.6. The highest BCUT2D eigenvalue weighted by atomic mass is 28.4. The van der Waals surface area contributed by atoms with Gasteiger partial charge in [0.2, 0.25) is 8.32 Å². The van der Waals surface area contributed by atoms with E-state index < -0.39 is 8.32 Å². The van der Waals surface area contributed by atoms with Gasteiger partial charge >= 0.3 is 0 Å². The lowest BCUT2D eigenvalue weighted by Gasteiger charge is -2.36. The van der Waals surface area contributed by atoms with Crippen LogP contribution in [0.25, 0.3) is 0 Å². The molecule has 0 fully saturated rings. The Morgan fingerprint density at radius 1 is 0.840 bits per heavy atom. The van der Waals surface area contributed by atoms with E-state index in [1.54, 1.807) is 0 Å². The fraction of sp³-hybridized carbons (Fsp3) is 0.727. The van der Waals surface area contributed by atoms with Crippen molar-refractivity contribution in [1.82, 2.24) is 0 Å². The summed E-state index contributed by atoms with van der Waals surface area (Å²) < 4.78 is 6.36. The molecule has 1 aromatic rings. The molecule has 0 unspecified atom stereocenters. The smallest absolute Gasteiger partial charge is 0.250 e. The van der Waals surface area contributed by atoms with E-state index >= 15 is 0 Å². The Bertz CT molecular complexity index is 460. The summed E-state index contributed by atoms with van der Waals surface area (Å²) in [5, 5.41) is 1.73. The van der Waals surface area contributed by atoms with Gasteiger partial charge in [0, 0.05) is 0 Å². The number of benzene rings is 1. The summed E-state index contributed by atoms with van der Waals surface area (Å²) in [6, 6.07) is 10.2. The lowest BCUT2D eigenvalue weighted by Crippen LogP contribution is -2.43. The molecule has 0 aliphatic carbocycles. The first kappa shape index (κ1) is 22.5. The second kappa shape index (κ2) is 11.2. The van der Waals surface area contributed by atoms with Gasteiger partial charge in [-0.3, -0.25) is 0 Å². The molecule has 0 N–H and O–H groups in total. The van der Waals surface area contributed by atoms with Gasteiger partial charge in [-0.2, -0.15) is 0 Å². The van der Waals surface area contributed by atoms with Crippen LogP contribution in [0.3, 0.4) is 0 Å². The summed E-state index contributed by atoms with van der Waals surface area (Å²) in [6.45, 7) is 13.8. The summed E-state index contributed by atoms with van der Waals surface area (Å²) in [5.41, 5.74) is 0. The molecule has 25 heavy (non-hydrogen) atoms. The van der Waals surface area contributed by atoms with E-state index in [2.05, 4.69) is 65.1 Å². The average molecular weight is 377 g/mol. The van der Waals surface area contributed by atoms with Gasteiger partial charge in [0.25, 0.3) is 0 Å². The second-order valence-corrected chi connectivity index (χ2v) is 14.9. The van der Waals surface area contributed by atoms with Crippen LogP contribution in [0.1, 0.15) is 79.1 Å². The Kier molecular flexibility index (Phi) is 10.1. The van der Waals surface area contributed by atoms with Crippen molar-refractivity contribution in [2.24, 2.45) is 0 Å². The van der Waals surface area contributed by atoms with Crippen molar-refractivity contribution in [1.29, 1.82) is 0 Å². The van der Waals surface area contributed by atoms with Crippen molar-refractivity contribution in [3.05, 3.63) is 24.3 Å². The first-order valence-electron chi connectivity index (χ1n) is 10.3. The third kappa shape index (κ3) is 9.09. The molecule has 2 radical (unpaired) electrons. The van der Waals surface area contributed by atoms with Crippen LogP contribution in [0.15, 0.2) is 24.3 Å². The van der Waals surface area contributed by atoms with Gasteiger partial charge < -0.3 is 4.43 Å². The maximum absolute atomic E-state index is 6.36. The van der Waals surface area contributed by atoms with Gasteiger partial charge in [-0.05, 0) is 30.3 Å². The summed E-state index contributed by atoms with van der Waals surface area (Å²) in [6.07, 6.45) is 11.3. The molecule has 0 heterocycles. The van der Waals surface area contributed by atoms with Crippen LogP contribution in [0.4, 0.5) is 0 Å². The molecule has 0 atom stereocenters. The monoisotopic (exact) mass is 376 g/mol. The minimum Gasteiger partial charge on any atom is -0.544 e. The Labute approximate surface area is 160 Å². The summed E-state index contributed by atoms with van der Waals surface area (Å²) in [4.78, 5) is 0. The van der Waals surface area contributed by atoms with Gasteiger partial charge in [-0.25, -0.2) is 0 Å². The predicted octanol–water partition coefficient (Wildman–Crippen LogP) is 6.96. The fourth-order valence-corrected chi connectivity index (χ4v) is 4.73. The van der Waals surface area contributed by atoms with E-state index in [9.17, 15) is 0 Å². The zero-order valence-corrected chi connectivity index (χ0v) is 19.6. The summed E-state index contributed by atoms with van der Waals surface area (Å²) in [7, 11) is -0.768. The molecule has 0 aliphatic rings. The predicted molar refractivity (Wildman–Crippen MR) is 117 cm³/mol. The van der Waals surface area contributed by atoms with Crippen molar-refractivity contribution in [2.75, 3.05) is 0 Å². The lowest BCUT2D eigenvalue weighted by atomic mass is 10.1. The van der Waals surface area contributed by atoms with Crippen molar-refractivity contribution >= 4 is 23.0 Å². The van der Waals surface area contributed by atoms with E-state index in [1.165, 1.54) is 62.6 Å². The molecule has 0 saturated heterocycles. The summed E-state index contributed by atoms with van der Waals surface area (Å²) >= 11 is 0. The largest absolute Gasteiger partial charge is 0.544 e. The molecule has 3 heteroatoms. The number of unbranched alkanes of at least 4 members (excludes halogenated alkanes) is 7. The van der Waals surface area contributed by atoms with Gasteiger partial charge in [0.15, 0.2) is 0 Å².